The molecule has 2 heterocycles. The van der Waals surface area contributed by atoms with E-state index in [0.29, 0.717) is 12.0 Å². The molecule has 1 saturated heterocycles. The van der Waals surface area contributed by atoms with Gasteiger partial charge in [-0.05, 0) is 32.1 Å². The molecule has 9 nitrogen and oxygen atoms in total. The summed E-state index contributed by atoms with van der Waals surface area (Å²) in [6.07, 6.45) is 0.855. The minimum absolute atomic E-state index is 0.185. The van der Waals surface area contributed by atoms with Crippen LogP contribution in [0.4, 0.5) is 5.82 Å². The summed E-state index contributed by atoms with van der Waals surface area (Å²) in [5.41, 5.74) is 4.94. The van der Waals surface area contributed by atoms with Crippen molar-refractivity contribution in [2.45, 2.75) is 45.1 Å². The van der Waals surface area contributed by atoms with Crippen molar-refractivity contribution in [2.75, 3.05) is 26.1 Å². The predicted octanol–water partition coefficient (Wildman–Crippen LogP) is 1.10. The normalized spacial score (nSPS) is 27.2. The Balaban J connectivity index is 2.27. The Kier molecular flexibility index (Phi) is 6.37. The fraction of sp³-hybridized carbons (Fsp3) is 0.714. The molecule has 0 spiro atoms. The van der Waals surface area contributed by atoms with Crippen LogP contribution in [-0.2, 0) is 30.3 Å². The van der Waals surface area contributed by atoms with Gasteiger partial charge in [-0.3, -0.25) is 9.09 Å². The molecule has 11 heteroatoms. The quantitative estimate of drug-likeness (QED) is 0.656. The number of hydrogen-bond donors (Lipinski definition) is 2. The molecule has 1 aliphatic rings. The second kappa shape index (κ2) is 7.79. The van der Waals surface area contributed by atoms with Gasteiger partial charge in [0.15, 0.2) is 0 Å². The molecule has 0 aromatic carbocycles. The van der Waals surface area contributed by atoms with E-state index in [0.717, 1.165) is 0 Å². The second-order valence-electron chi connectivity index (χ2n) is 5.89. The van der Waals surface area contributed by atoms with Gasteiger partial charge in [0.1, 0.15) is 23.8 Å². The standard InChI is InChI=1S/C14H24N3O6PS/c1-5-14(8-21-7-11(14)23-24(19,25)20-4)22-10(3)17-6-9(2)12(15)16-13(17)18/h6,10-11H,5,7-8H2,1-4H3,(H,19,25)(H2,15,16,18)/t10?,11-,14+,24?/m1/s1. The van der Waals surface area contributed by atoms with Crippen LogP contribution in [0.15, 0.2) is 11.0 Å². The van der Waals surface area contributed by atoms with Crippen molar-refractivity contribution in [3.63, 3.8) is 0 Å². The van der Waals surface area contributed by atoms with Crippen LogP contribution in [0.25, 0.3) is 0 Å². The van der Waals surface area contributed by atoms with Crippen LogP contribution in [0.1, 0.15) is 32.1 Å². The number of anilines is 1. The van der Waals surface area contributed by atoms with Gasteiger partial charge in [0.2, 0.25) is 0 Å². The minimum atomic E-state index is -3.38. The number of nitrogens with two attached hydrogens (primary N) is 1. The number of aromatic nitrogens is 2. The van der Waals surface area contributed by atoms with Crippen LogP contribution in [-0.4, -0.2) is 46.5 Å². The van der Waals surface area contributed by atoms with Crippen LogP contribution >= 0.6 is 6.72 Å². The third kappa shape index (κ3) is 4.46. The molecule has 142 valence electrons. The van der Waals surface area contributed by atoms with E-state index in [4.69, 9.17) is 36.1 Å². The van der Waals surface area contributed by atoms with Crippen molar-refractivity contribution in [3.05, 3.63) is 22.2 Å². The summed E-state index contributed by atoms with van der Waals surface area (Å²) in [5, 5.41) is 0. The van der Waals surface area contributed by atoms with Crippen LogP contribution in [0.5, 0.6) is 0 Å². The van der Waals surface area contributed by atoms with Crippen LogP contribution in [0.3, 0.4) is 0 Å². The third-order valence-electron chi connectivity index (χ3n) is 4.26. The molecule has 1 fully saturated rings. The van der Waals surface area contributed by atoms with Gasteiger partial charge in [-0.25, -0.2) is 4.79 Å². The van der Waals surface area contributed by atoms with Crippen LogP contribution in [0.2, 0.25) is 0 Å². The Morgan fingerprint density at radius 1 is 1.68 bits per heavy atom. The Morgan fingerprint density at radius 2 is 2.36 bits per heavy atom. The monoisotopic (exact) mass is 393 g/mol. The first-order chi connectivity index (χ1) is 11.6. The molecule has 1 aliphatic heterocycles. The zero-order valence-corrected chi connectivity index (χ0v) is 16.4. The average Bonchev–Trinajstić information content (AvgIpc) is 2.93. The number of nitrogen functional groups attached to an aromatic ring is 1. The first kappa shape index (κ1) is 20.4. The SMILES string of the molecule is CC[C@]1(OC(C)n2cc(C)c(N)nc2=O)COC[C@H]1OP(O)(=S)OC. The summed E-state index contributed by atoms with van der Waals surface area (Å²) in [6.45, 7) is 2.45. The van der Waals surface area contributed by atoms with Gasteiger partial charge in [0, 0.05) is 18.9 Å². The van der Waals surface area contributed by atoms with E-state index in [-0.39, 0.29) is 19.0 Å². The van der Waals surface area contributed by atoms with Crippen molar-refractivity contribution < 1.29 is 23.4 Å². The Bertz CT molecular complexity index is 729. The lowest BCUT2D eigenvalue weighted by molar-refractivity contribution is -0.154. The van der Waals surface area contributed by atoms with Gasteiger partial charge >= 0.3 is 12.4 Å². The molecule has 0 amide bonds. The van der Waals surface area contributed by atoms with E-state index in [9.17, 15) is 9.69 Å². The number of rotatable bonds is 7. The molecule has 25 heavy (non-hydrogen) atoms. The highest BCUT2D eigenvalue weighted by atomic mass is 32.5. The molecule has 2 unspecified atom stereocenters. The topological polar surface area (TPSA) is 118 Å². The summed E-state index contributed by atoms with van der Waals surface area (Å²) < 4.78 is 23.4. The predicted molar refractivity (Wildman–Crippen MR) is 95.7 cm³/mol. The first-order valence-corrected chi connectivity index (χ1v) is 10.4. The summed E-state index contributed by atoms with van der Waals surface area (Å²) in [7, 11) is 1.29. The summed E-state index contributed by atoms with van der Waals surface area (Å²) in [4.78, 5) is 25.9. The Hall–Kier alpha value is -0.870. The van der Waals surface area contributed by atoms with E-state index in [1.54, 1.807) is 20.0 Å². The first-order valence-electron chi connectivity index (χ1n) is 7.82. The van der Waals surface area contributed by atoms with E-state index < -0.39 is 30.3 Å². The Labute approximate surface area is 151 Å². The zero-order valence-electron chi connectivity index (χ0n) is 14.7. The molecule has 0 saturated carbocycles. The fourth-order valence-electron chi connectivity index (χ4n) is 2.67. The molecule has 0 bridgehead atoms. The molecule has 4 atom stereocenters. The largest absolute Gasteiger partial charge is 0.383 e. The number of hydrogen-bond acceptors (Lipinski definition) is 8. The minimum Gasteiger partial charge on any atom is -0.383 e. The Morgan fingerprint density at radius 3 is 2.96 bits per heavy atom. The summed E-state index contributed by atoms with van der Waals surface area (Å²) in [5.74, 6) is 0.185. The van der Waals surface area contributed by atoms with Crippen LogP contribution < -0.4 is 11.4 Å². The van der Waals surface area contributed by atoms with Gasteiger partial charge in [0.05, 0.1) is 13.2 Å². The fourth-order valence-corrected chi connectivity index (χ4v) is 3.65. The molecule has 1 aromatic rings. The molecular formula is C14H24N3O6PS. The van der Waals surface area contributed by atoms with Gasteiger partial charge in [-0.15, -0.1) is 0 Å². The molecule has 2 rings (SSSR count). The molecule has 0 radical (unpaired) electrons. The third-order valence-corrected chi connectivity index (χ3v) is 5.95. The number of ether oxygens (including phenoxy) is 2. The zero-order chi connectivity index (χ0) is 18.8. The van der Waals surface area contributed by atoms with Crippen molar-refractivity contribution >= 4 is 24.3 Å². The highest BCUT2D eigenvalue weighted by molar-refractivity contribution is 8.07. The lowest BCUT2D eigenvalue weighted by Gasteiger charge is -2.36. The number of aryl methyl sites for hydroxylation is 1. The van der Waals surface area contributed by atoms with Gasteiger partial charge in [0.25, 0.3) is 0 Å². The highest BCUT2D eigenvalue weighted by Gasteiger charge is 2.48. The summed E-state index contributed by atoms with van der Waals surface area (Å²) in [6, 6.07) is 0. The summed E-state index contributed by atoms with van der Waals surface area (Å²) >= 11 is 4.92. The molecule has 3 N–H and O–H groups in total. The molecular weight excluding hydrogens is 369 g/mol. The van der Waals surface area contributed by atoms with Crippen molar-refractivity contribution in [3.8, 4) is 0 Å². The van der Waals surface area contributed by atoms with Gasteiger partial charge in [-0.1, -0.05) is 6.92 Å². The maximum atomic E-state index is 12.1. The van der Waals surface area contributed by atoms with Gasteiger partial charge in [-0.2, -0.15) is 4.98 Å². The molecule has 0 aliphatic carbocycles. The van der Waals surface area contributed by atoms with Crippen molar-refractivity contribution in [2.24, 2.45) is 0 Å². The lowest BCUT2D eigenvalue weighted by Crippen LogP contribution is -2.47. The highest BCUT2D eigenvalue weighted by Crippen LogP contribution is 2.48. The number of nitrogens with zero attached hydrogens (tertiary/aromatic N) is 2. The average molecular weight is 393 g/mol. The van der Waals surface area contributed by atoms with Crippen molar-refractivity contribution in [1.82, 2.24) is 9.55 Å². The maximum Gasteiger partial charge on any atom is 0.351 e. The van der Waals surface area contributed by atoms with E-state index in [1.807, 2.05) is 6.92 Å². The van der Waals surface area contributed by atoms with E-state index in [1.165, 1.54) is 11.7 Å². The van der Waals surface area contributed by atoms with E-state index in [2.05, 4.69) is 4.98 Å². The van der Waals surface area contributed by atoms with Gasteiger partial charge < -0.3 is 24.6 Å². The second-order valence-corrected chi connectivity index (χ2v) is 8.79. The van der Waals surface area contributed by atoms with Crippen LogP contribution in [0, 0.1) is 6.92 Å². The smallest absolute Gasteiger partial charge is 0.351 e. The molecule has 1 aromatic heterocycles. The van der Waals surface area contributed by atoms with E-state index >= 15 is 0 Å². The van der Waals surface area contributed by atoms with Crippen molar-refractivity contribution in [1.29, 1.82) is 0 Å². The lowest BCUT2D eigenvalue weighted by atomic mass is 9.97. The maximum absolute atomic E-state index is 12.1.